The number of nitrogens with zero attached hydrogens (tertiary/aromatic N) is 2. The summed E-state index contributed by atoms with van der Waals surface area (Å²) in [5, 5.41) is 3.99. The molecule has 2 heterocycles. The Kier molecular flexibility index (Phi) is 4.35. The van der Waals surface area contributed by atoms with Gasteiger partial charge in [0.05, 0.1) is 0 Å². The number of hydrogen-bond donors (Lipinski definition) is 1. The summed E-state index contributed by atoms with van der Waals surface area (Å²) in [6.45, 7) is 2.69. The Morgan fingerprint density at radius 3 is 2.88 bits per heavy atom. The lowest BCUT2D eigenvalue weighted by molar-refractivity contribution is 0.0984. The van der Waals surface area contributed by atoms with E-state index in [0.717, 1.165) is 29.0 Å². The number of benzene rings is 2. The number of aromatic nitrogens is 1. The molecule has 1 amide bonds. The second kappa shape index (κ2) is 6.81. The van der Waals surface area contributed by atoms with E-state index in [4.69, 9.17) is 11.6 Å². The zero-order valence-electron chi connectivity index (χ0n) is 14.4. The molecule has 0 atom stereocenters. The third-order valence-electron chi connectivity index (χ3n) is 4.59. The molecule has 0 aliphatic carbocycles. The van der Waals surface area contributed by atoms with Crippen molar-refractivity contribution < 1.29 is 4.79 Å². The van der Waals surface area contributed by atoms with E-state index in [1.54, 1.807) is 17.2 Å². The Bertz CT molecular complexity index is 986. The number of halogens is 1. The van der Waals surface area contributed by atoms with E-state index in [0.29, 0.717) is 17.3 Å². The monoisotopic (exact) mass is 363 g/mol. The Morgan fingerprint density at radius 2 is 2.00 bits per heavy atom. The Balaban J connectivity index is 1.60. The highest BCUT2D eigenvalue weighted by Gasteiger charge is 2.26. The van der Waals surface area contributed by atoms with Gasteiger partial charge in [0.15, 0.2) is 0 Å². The van der Waals surface area contributed by atoms with Gasteiger partial charge < -0.3 is 10.2 Å². The number of fused-ring (bicyclic) bond motifs is 1. The molecule has 5 heteroatoms. The maximum atomic E-state index is 12.9. The second-order valence-corrected chi connectivity index (χ2v) is 6.79. The zero-order chi connectivity index (χ0) is 18.1. The summed E-state index contributed by atoms with van der Waals surface area (Å²) in [7, 11) is 0. The molecule has 1 aromatic heterocycles. The van der Waals surface area contributed by atoms with Crippen LogP contribution >= 0.6 is 11.6 Å². The smallest absolute Gasteiger partial charge is 0.276 e. The molecule has 26 heavy (non-hydrogen) atoms. The van der Waals surface area contributed by atoms with Gasteiger partial charge in [-0.2, -0.15) is 0 Å². The molecular formula is C21H18ClN3O. The van der Waals surface area contributed by atoms with Crippen LogP contribution in [0.5, 0.6) is 0 Å². The Morgan fingerprint density at radius 1 is 1.15 bits per heavy atom. The topological polar surface area (TPSA) is 45.2 Å². The molecule has 1 aliphatic heterocycles. The van der Waals surface area contributed by atoms with Crippen LogP contribution in [-0.2, 0) is 6.42 Å². The van der Waals surface area contributed by atoms with E-state index in [-0.39, 0.29) is 5.91 Å². The van der Waals surface area contributed by atoms with E-state index in [2.05, 4.69) is 16.4 Å². The number of hydrogen-bond acceptors (Lipinski definition) is 3. The molecule has 1 aliphatic rings. The predicted molar refractivity (Wildman–Crippen MR) is 106 cm³/mol. The first-order chi connectivity index (χ1) is 12.6. The van der Waals surface area contributed by atoms with Gasteiger partial charge in [-0.25, -0.2) is 0 Å². The number of rotatable bonds is 3. The van der Waals surface area contributed by atoms with Crippen molar-refractivity contribution in [3.63, 3.8) is 0 Å². The number of carbonyl (C=O) groups is 1. The number of carbonyl (C=O) groups excluding carboxylic acids is 1. The molecule has 0 saturated carbocycles. The average Bonchev–Trinajstić information content (AvgIpc) is 3.08. The van der Waals surface area contributed by atoms with Crippen molar-refractivity contribution in [1.82, 2.24) is 4.98 Å². The van der Waals surface area contributed by atoms with Gasteiger partial charge >= 0.3 is 0 Å². The number of pyridine rings is 1. The van der Waals surface area contributed by atoms with Crippen LogP contribution in [0.4, 0.5) is 17.1 Å². The summed E-state index contributed by atoms with van der Waals surface area (Å²) in [6, 6.07) is 17.3. The standard InChI is InChI=1S/C21H18ClN3O/c1-14-6-7-16(22)12-18(14)24-17-8-10-23-19(13-17)21(26)25-11-9-15-4-2-3-5-20(15)25/h2-8,10,12-13H,9,11H2,1H3,(H,23,24). The van der Waals surface area contributed by atoms with Crippen LogP contribution in [0.2, 0.25) is 5.02 Å². The minimum Gasteiger partial charge on any atom is -0.355 e. The quantitative estimate of drug-likeness (QED) is 0.713. The second-order valence-electron chi connectivity index (χ2n) is 6.35. The van der Waals surface area contributed by atoms with Gasteiger partial charge in [-0.1, -0.05) is 35.9 Å². The minimum absolute atomic E-state index is 0.0820. The molecule has 0 radical (unpaired) electrons. The van der Waals surface area contributed by atoms with Gasteiger partial charge in [-0.05, 0) is 54.8 Å². The first kappa shape index (κ1) is 16.6. The van der Waals surface area contributed by atoms with Gasteiger partial charge in [-0.3, -0.25) is 9.78 Å². The van der Waals surface area contributed by atoms with Crippen molar-refractivity contribution in [3.8, 4) is 0 Å². The van der Waals surface area contributed by atoms with E-state index in [1.807, 2.05) is 49.4 Å². The fraction of sp³-hybridized carbons (Fsp3) is 0.143. The van der Waals surface area contributed by atoms with Crippen LogP contribution < -0.4 is 10.2 Å². The Hall–Kier alpha value is -2.85. The molecule has 0 saturated heterocycles. The van der Waals surface area contributed by atoms with Crippen molar-refractivity contribution in [2.24, 2.45) is 0 Å². The molecule has 0 unspecified atom stereocenters. The largest absolute Gasteiger partial charge is 0.355 e. The Labute approximate surface area is 157 Å². The fourth-order valence-corrected chi connectivity index (χ4v) is 3.37. The van der Waals surface area contributed by atoms with E-state index < -0.39 is 0 Å². The maximum Gasteiger partial charge on any atom is 0.276 e. The first-order valence-electron chi connectivity index (χ1n) is 8.51. The zero-order valence-corrected chi connectivity index (χ0v) is 15.1. The number of amides is 1. The fourth-order valence-electron chi connectivity index (χ4n) is 3.20. The van der Waals surface area contributed by atoms with Gasteiger partial charge in [-0.15, -0.1) is 0 Å². The maximum absolute atomic E-state index is 12.9. The van der Waals surface area contributed by atoms with Gasteiger partial charge in [0.2, 0.25) is 0 Å². The SMILES string of the molecule is Cc1ccc(Cl)cc1Nc1ccnc(C(=O)N2CCc3ccccc32)c1. The van der Waals surface area contributed by atoms with E-state index >= 15 is 0 Å². The highest BCUT2D eigenvalue weighted by molar-refractivity contribution is 6.30. The molecule has 0 spiro atoms. The predicted octanol–water partition coefficient (Wildman–Crippen LogP) is 4.99. The number of anilines is 3. The molecule has 4 nitrogen and oxygen atoms in total. The van der Waals surface area contributed by atoms with Crippen LogP contribution in [0.15, 0.2) is 60.8 Å². The van der Waals surface area contributed by atoms with E-state index in [9.17, 15) is 4.79 Å². The van der Waals surface area contributed by atoms with Crippen LogP contribution in [0, 0.1) is 6.92 Å². The molecule has 0 fully saturated rings. The molecule has 130 valence electrons. The normalized spacial score (nSPS) is 12.8. The summed E-state index contributed by atoms with van der Waals surface area (Å²) in [5.74, 6) is -0.0820. The first-order valence-corrected chi connectivity index (χ1v) is 8.88. The summed E-state index contributed by atoms with van der Waals surface area (Å²) >= 11 is 6.09. The van der Waals surface area contributed by atoms with Crippen LogP contribution in [-0.4, -0.2) is 17.4 Å². The summed E-state index contributed by atoms with van der Waals surface area (Å²) < 4.78 is 0. The summed E-state index contributed by atoms with van der Waals surface area (Å²) in [4.78, 5) is 19.0. The third kappa shape index (κ3) is 3.16. The van der Waals surface area contributed by atoms with Gasteiger partial charge in [0.1, 0.15) is 5.69 Å². The van der Waals surface area contributed by atoms with Gasteiger partial charge in [0, 0.05) is 34.8 Å². The molecule has 1 N–H and O–H groups in total. The van der Waals surface area contributed by atoms with Crippen LogP contribution in [0.1, 0.15) is 21.6 Å². The highest BCUT2D eigenvalue weighted by Crippen LogP contribution is 2.29. The van der Waals surface area contributed by atoms with Crippen molar-refractivity contribution in [2.45, 2.75) is 13.3 Å². The molecule has 3 aromatic rings. The molecule has 4 rings (SSSR count). The van der Waals surface area contributed by atoms with Crippen molar-refractivity contribution in [3.05, 3.63) is 82.6 Å². The van der Waals surface area contributed by atoms with Crippen LogP contribution in [0.25, 0.3) is 0 Å². The lowest BCUT2D eigenvalue weighted by Crippen LogP contribution is -2.29. The van der Waals surface area contributed by atoms with Crippen molar-refractivity contribution in [1.29, 1.82) is 0 Å². The van der Waals surface area contributed by atoms with Gasteiger partial charge in [0.25, 0.3) is 5.91 Å². The third-order valence-corrected chi connectivity index (χ3v) is 4.83. The lowest BCUT2D eigenvalue weighted by Gasteiger charge is -2.17. The average molecular weight is 364 g/mol. The summed E-state index contributed by atoms with van der Waals surface area (Å²) in [5.41, 5.74) is 5.39. The minimum atomic E-state index is -0.0820. The number of para-hydroxylation sites is 1. The van der Waals surface area contributed by atoms with Crippen molar-refractivity contribution in [2.75, 3.05) is 16.8 Å². The van der Waals surface area contributed by atoms with E-state index in [1.165, 1.54) is 5.56 Å². The highest BCUT2D eigenvalue weighted by atomic mass is 35.5. The number of aryl methyl sites for hydroxylation is 1. The molecule has 0 bridgehead atoms. The summed E-state index contributed by atoms with van der Waals surface area (Å²) in [6.07, 6.45) is 2.53. The van der Waals surface area contributed by atoms with Crippen molar-refractivity contribution >= 4 is 34.6 Å². The molecular weight excluding hydrogens is 346 g/mol. The number of nitrogens with one attached hydrogen (secondary N) is 1. The van der Waals surface area contributed by atoms with Crippen LogP contribution in [0.3, 0.4) is 0 Å². The lowest BCUT2D eigenvalue weighted by atomic mass is 10.2. The molecule has 2 aromatic carbocycles.